The molecule has 92 valence electrons. The van der Waals surface area contributed by atoms with Crippen LogP contribution < -0.4 is 11.5 Å². The van der Waals surface area contributed by atoms with E-state index < -0.39 is 11.2 Å². The van der Waals surface area contributed by atoms with E-state index in [0.717, 1.165) is 24.8 Å². The van der Waals surface area contributed by atoms with E-state index in [1.807, 2.05) is 6.07 Å². The van der Waals surface area contributed by atoms with Gasteiger partial charge in [-0.3, -0.25) is 4.98 Å². The highest BCUT2D eigenvalue weighted by molar-refractivity contribution is 5.73. The molecule has 1 aromatic carbocycles. The van der Waals surface area contributed by atoms with Crippen LogP contribution in [0.4, 0.5) is 0 Å². The Bertz CT molecular complexity index is 688. The van der Waals surface area contributed by atoms with Crippen LogP contribution in [0.1, 0.15) is 30.9 Å². The molecule has 0 spiro atoms. The van der Waals surface area contributed by atoms with Gasteiger partial charge in [0.15, 0.2) is 5.58 Å². The molecule has 18 heavy (non-hydrogen) atoms. The lowest BCUT2D eigenvalue weighted by Crippen LogP contribution is -2.39. The van der Waals surface area contributed by atoms with Crippen LogP contribution in [-0.4, -0.2) is 4.98 Å². The van der Waals surface area contributed by atoms with Crippen molar-refractivity contribution in [3.05, 3.63) is 34.3 Å². The molecule has 1 aliphatic rings. The number of rotatable bonds is 2. The first-order valence-corrected chi connectivity index (χ1v) is 5.94. The van der Waals surface area contributed by atoms with Gasteiger partial charge in [-0.15, -0.1) is 0 Å². The molecule has 0 amide bonds. The van der Waals surface area contributed by atoms with Crippen LogP contribution in [0, 0.1) is 16.7 Å². The lowest BCUT2D eigenvalue weighted by Gasteiger charge is -2.40. The lowest BCUT2D eigenvalue weighted by molar-refractivity contribution is 0.169. The van der Waals surface area contributed by atoms with Crippen molar-refractivity contribution in [2.24, 2.45) is 11.1 Å². The number of hydrogen-bond donors (Lipinski definition) is 2. The van der Waals surface area contributed by atoms with Crippen molar-refractivity contribution in [2.45, 2.75) is 25.3 Å². The first kappa shape index (κ1) is 11.1. The largest absolute Gasteiger partial charge is 0.417 e. The third-order valence-corrected chi connectivity index (χ3v) is 3.87. The van der Waals surface area contributed by atoms with Crippen molar-refractivity contribution in [1.82, 2.24) is 4.98 Å². The predicted octanol–water partition coefficient (Wildman–Crippen LogP) is 1.81. The Kier molecular flexibility index (Phi) is 2.28. The van der Waals surface area contributed by atoms with Crippen molar-refractivity contribution < 1.29 is 4.42 Å². The molecule has 1 atom stereocenters. The highest BCUT2D eigenvalue weighted by Crippen LogP contribution is 2.48. The lowest BCUT2D eigenvalue weighted by atomic mass is 9.64. The number of benzene rings is 1. The molecule has 0 aliphatic heterocycles. The number of aromatic amines is 1. The molecule has 0 radical (unpaired) electrons. The average Bonchev–Trinajstić information content (AvgIpc) is 2.67. The highest BCUT2D eigenvalue weighted by Gasteiger charge is 2.43. The van der Waals surface area contributed by atoms with Gasteiger partial charge in [-0.05, 0) is 30.5 Å². The Morgan fingerprint density at radius 2 is 2.28 bits per heavy atom. The predicted molar refractivity (Wildman–Crippen MR) is 65.7 cm³/mol. The number of H-pyrrole nitrogens is 1. The molecular weight excluding hydrogens is 230 g/mol. The first-order valence-electron chi connectivity index (χ1n) is 5.94. The summed E-state index contributed by atoms with van der Waals surface area (Å²) in [5, 5.41) is 9.28. The number of nitrogens with one attached hydrogen (secondary N) is 1. The molecule has 2 aromatic rings. The normalized spacial score (nSPS) is 19.1. The molecule has 1 fully saturated rings. The standard InChI is InChI=1S/C13H13N3O2/c14-7-13(4-1-5-13)11(15)8-2-3-10-9(6-8)16-12(17)18-10/h2-3,6,11H,1,4-5,15H2,(H,16,17). The van der Waals surface area contributed by atoms with Crippen molar-refractivity contribution in [3.8, 4) is 6.07 Å². The second kappa shape index (κ2) is 3.72. The summed E-state index contributed by atoms with van der Waals surface area (Å²) in [4.78, 5) is 13.7. The molecule has 1 saturated carbocycles. The molecule has 1 aliphatic carbocycles. The Hall–Kier alpha value is -2.06. The van der Waals surface area contributed by atoms with Gasteiger partial charge in [0.05, 0.1) is 17.0 Å². The fourth-order valence-electron chi connectivity index (χ4n) is 2.53. The van der Waals surface area contributed by atoms with Crippen LogP contribution in [0.5, 0.6) is 0 Å². The summed E-state index contributed by atoms with van der Waals surface area (Å²) in [6.45, 7) is 0. The number of fused-ring (bicyclic) bond motifs is 1. The maximum absolute atomic E-state index is 11.1. The summed E-state index contributed by atoms with van der Waals surface area (Å²) >= 11 is 0. The summed E-state index contributed by atoms with van der Waals surface area (Å²) in [6, 6.07) is 7.35. The highest BCUT2D eigenvalue weighted by atomic mass is 16.4. The zero-order valence-electron chi connectivity index (χ0n) is 9.77. The Labute approximate surface area is 103 Å². The minimum atomic E-state index is -0.477. The first-order chi connectivity index (χ1) is 8.64. The quantitative estimate of drug-likeness (QED) is 0.840. The zero-order chi connectivity index (χ0) is 12.8. The Morgan fingerprint density at radius 3 is 2.89 bits per heavy atom. The van der Waals surface area contributed by atoms with Crippen LogP contribution in [-0.2, 0) is 0 Å². The van der Waals surface area contributed by atoms with Gasteiger partial charge < -0.3 is 10.2 Å². The van der Waals surface area contributed by atoms with E-state index in [0.29, 0.717) is 11.1 Å². The number of oxazole rings is 1. The van der Waals surface area contributed by atoms with Crippen molar-refractivity contribution in [3.63, 3.8) is 0 Å². The fourth-order valence-corrected chi connectivity index (χ4v) is 2.53. The Morgan fingerprint density at radius 1 is 1.50 bits per heavy atom. The van der Waals surface area contributed by atoms with E-state index in [4.69, 9.17) is 10.2 Å². The number of nitriles is 1. The zero-order valence-corrected chi connectivity index (χ0v) is 9.77. The van der Waals surface area contributed by atoms with E-state index in [-0.39, 0.29) is 6.04 Å². The number of hydrogen-bond acceptors (Lipinski definition) is 4. The van der Waals surface area contributed by atoms with Crippen LogP contribution in [0.25, 0.3) is 11.1 Å². The number of nitrogens with zero attached hydrogens (tertiary/aromatic N) is 1. The van der Waals surface area contributed by atoms with Gasteiger partial charge in [0.2, 0.25) is 0 Å². The van der Waals surface area contributed by atoms with Crippen molar-refractivity contribution in [1.29, 1.82) is 5.26 Å². The summed E-state index contributed by atoms with van der Waals surface area (Å²) < 4.78 is 4.94. The maximum atomic E-state index is 11.1. The van der Waals surface area contributed by atoms with Gasteiger partial charge in [-0.2, -0.15) is 5.26 Å². The van der Waals surface area contributed by atoms with Crippen LogP contribution >= 0.6 is 0 Å². The Balaban J connectivity index is 2.04. The van der Waals surface area contributed by atoms with E-state index >= 15 is 0 Å². The average molecular weight is 243 g/mol. The number of nitrogens with two attached hydrogens (primary N) is 1. The molecule has 1 unspecified atom stereocenters. The monoisotopic (exact) mass is 243 g/mol. The van der Waals surface area contributed by atoms with Gasteiger partial charge in [0.1, 0.15) is 0 Å². The molecule has 0 saturated heterocycles. The number of aromatic nitrogens is 1. The molecule has 5 nitrogen and oxygen atoms in total. The molecule has 3 N–H and O–H groups in total. The summed E-state index contributed by atoms with van der Waals surface area (Å²) in [5.41, 5.74) is 7.75. The van der Waals surface area contributed by atoms with Crippen LogP contribution in [0.15, 0.2) is 27.4 Å². The maximum Gasteiger partial charge on any atom is 0.417 e. The smallest absolute Gasteiger partial charge is 0.408 e. The summed E-state index contributed by atoms with van der Waals surface area (Å²) in [6.07, 6.45) is 2.72. The van der Waals surface area contributed by atoms with E-state index in [1.54, 1.807) is 12.1 Å². The minimum Gasteiger partial charge on any atom is -0.408 e. The van der Waals surface area contributed by atoms with Crippen LogP contribution in [0.2, 0.25) is 0 Å². The second-order valence-corrected chi connectivity index (χ2v) is 4.87. The summed E-state index contributed by atoms with van der Waals surface area (Å²) in [7, 11) is 0. The van der Waals surface area contributed by atoms with Gasteiger partial charge in [0, 0.05) is 6.04 Å². The SMILES string of the molecule is N#CC1(C(N)c2ccc3oc(=O)[nH]c3c2)CCC1. The molecule has 5 heteroatoms. The molecular formula is C13H13N3O2. The van der Waals surface area contributed by atoms with Gasteiger partial charge in [-0.1, -0.05) is 12.5 Å². The van der Waals surface area contributed by atoms with Gasteiger partial charge in [0.25, 0.3) is 0 Å². The molecule has 3 rings (SSSR count). The van der Waals surface area contributed by atoms with Crippen LogP contribution in [0.3, 0.4) is 0 Å². The summed E-state index contributed by atoms with van der Waals surface area (Å²) in [5.74, 6) is -0.477. The molecule has 0 bridgehead atoms. The molecule has 1 heterocycles. The fraction of sp³-hybridized carbons (Fsp3) is 0.385. The third kappa shape index (κ3) is 1.46. The van der Waals surface area contributed by atoms with Gasteiger partial charge in [-0.25, -0.2) is 4.79 Å². The minimum absolute atomic E-state index is 0.320. The van der Waals surface area contributed by atoms with E-state index in [2.05, 4.69) is 11.1 Å². The van der Waals surface area contributed by atoms with Crippen molar-refractivity contribution in [2.75, 3.05) is 0 Å². The van der Waals surface area contributed by atoms with Crippen molar-refractivity contribution >= 4 is 11.1 Å². The third-order valence-electron chi connectivity index (χ3n) is 3.87. The van der Waals surface area contributed by atoms with E-state index in [9.17, 15) is 10.1 Å². The van der Waals surface area contributed by atoms with E-state index in [1.165, 1.54) is 0 Å². The molecule has 1 aromatic heterocycles. The topological polar surface area (TPSA) is 95.8 Å². The second-order valence-electron chi connectivity index (χ2n) is 4.87. The van der Waals surface area contributed by atoms with Gasteiger partial charge >= 0.3 is 5.76 Å².